The number of hydrogen-bond acceptors (Lipinski definition) is 2. The molecule has 0 amide bonds. The summed E-state index contributed by atoms with van der Waals surface area (Å²) in [6.07, 6.45) is 9.24. The first kappa shape index (κ1) is 45.4. The average Bonchev–Trinajstić information content (AvgIpc) is 3.97. The quantitative estimate of drug-likeness (QED) is 0.0995. The number of nitrogens with zero attached hydrogens (tertiary/aromatic N) is 2. The van der Waals surface area contributed by atoms with Crippen LogP contribution in [0.1, 0.15) is 72.2 Å². The maximum atomic E-state index is 2.41. The van der Waals surface area contributed by atoms with Crippen LogP contribution >= 0.6 is 0 Å². The van der Waals surface area contributed by atoms with Crippen LogP contribution in [0.4, 0.5) is 34.1 Å². The first-order valence-electron chi connectivity index (χ1n) is 26.7. The summed E-state index contributed by atoms with van der Waals surface area (Å²) in [5.41, 5.74) is 22.1. The Kier molecular flexibility index (Phi) is 10.6. The molecule has 0 N–H and O–H groups in total. The van der Waals surface area contributed by atoms with E-state index in [1.165, 1.54) is 99.1 Å². The third kappa shape index (κ3) is 7.39. The Labute approximate surface area is 446 Å². The van der Waals surface area contributed by atoms with Crippen molar-refractivity contribution < 1.29 is 0 Å². The maximum absolute atomic E-state index is 2.41. The molecule has 0 aromatic heterocycles. The summed E-state index contributed by atoms with van der Waals surface area (Å²) < 4.78 is 0. The summed E-state index contributed by atoms with van der Waals surface area (Å²) >= 11 is 0. The van der Waals surface area contributed by atoms with Gasteiger partial charge in [0.2, 0.25) is 0 Å². The molecular formula is C74H56N2. The van der Waals surface area contributed by atoms with Gasteiger partial charge in [-0.25, -0.2) is 0 Å². The second-order valence-electron chi connectivity index (χ2n) is 21.7. The highest BCUT2D eigenvalue weighted by atomic mass is 15.1. The van der Waals surface area contributed by atoms with E-state index in [0.717, 1.165) is 34.1 Å². The monoisotopic (exact) mass is 972 g/mol. The average molecular weight is 973 g/mol. The largest absolute Gasteiger partial charge is 0.310 e. The zero-order chi connectivity index (χ0) is 51.1. The molecule has 2 heteroatoms. The molecular weight excluding hydrogens is 917 g/mol. The van der Waals surface area contributed by atoms with Crippen LogP contribution in [-0.2, 0) is 10.8 Å². The highest BCUT2D eigenvalue weighted by Gasteiger charge is 2.37. The topological polar surface area (TPSA) is 6.48 Å². The number of benzene rings is 12. The standard InChI is InChI=1S/C74H56N2/c1-73(2)67-45-49(27-39-63(67)65-43-37-59(47-69(65)73)75(55-17-9-5-10-18-55)56-19-11-6-12-20-56)25-29-51-31-33-53-36-42-62-52(32-34-54-35-41-61(51)71(53)72(54)62)30-26-50-28-40-64-66-44-38-60(48-70(66)74(3,4)68(64)46-50)76(57-21-13-7-14-22-57)58-23-15-8-16-24-58/h5-48H,1-4H3. The van der Waals surface area contributed by atoms with Crippen LogP contribution < -0.4 is 9.80 Å². The molecule has 0 bridgehead atoms. The SMILES string of the molecule is CC1(C)c2cc(C=Cc3ccc4ccc5c(C=Cc6ccc7c(c6)C(C)(C)c6cc(N(c8ccccc8)c8ccccc8)ccc6-7)ccc6ccc3c4c65)ccc2-c2ccc(N(c3ccccc3)c3ccccc3)cc21. The van der Waals surface area contributed by atoms with Crippen LogP contribution in [0.15, 0.2) is 243 Å². The van der Waals surface area contributed by atoms with E-state index in [1.54, 1.807) is 0 Å². The van der Waals surface area contributed by atoms with Crippen LogP contribution in [0.5, 0.6) is 0 Å². The smallest absolute Gasteiger partial charge is 0.0465 e. The third-order valence-electron chi connectivity index (χ3n) is 16.6. The summed E-state index contributed by atoms with van der Waals surface area (Å²) in [5, 5.41) is 7.72. The van der Waals surface area contributed by atoms with Gasteiger partial charge in [0.1, 0.15) is 0 Å². The van der Waals surface area contributed by atoms with Crippen molar-refractivity contribution in [3.05, 3.63) is 287 Å². The minimum Gasteiger partial charge on any atom is -0.310 e. The summed E-state index contributed by atoms with van der Waals surface area (Å²) in [6, 6.07) is 89.2. The Bertz CT molecular complexity index is 3900. The van der Waals surface area contributed by atoms with Gasteiger partial charge in [-0.2, -0.15) is 0 Å². The zero-order valence-corrected chi connectivity index (χ0v) is 43.3. The third-order valence-corrected chi connectivity index (χ3v) is 16.6. The Morgan fingerprint density at radius 3 is 0.947 bits per heavy atom. The summed E-state index contributed by atoms with van der Waals surface area (Å²) in [7, 11) is 0. The lowest BCUT2D eigenvalue weighted by Gasteiger charge is -2.28. The van der Waals surface area contributed by atoms with E-state index < -0.39 is 0 Å². The number of fused-ring (bicyclic) bond motifs is 6. The first-order chi connectivity index (χ1) is 37.2. The van der Waals surface area contributed by atoms with Gasteiger partial charge in [-0.1, -0.05) is 222 Å². The van der Waals surface area contributed by atoms with E-state index in [1.807, 2.05) is 0 Å². The van der Waals surface area contributed by atoms with Gasteiger partial charge in [-0.3, -0.25) is 0 Å². The van der Waals surface area contributed by atoms with Gasteiger partial charge >= 0.3 is 0 Å². The lowest BCUT2D eigenvalue weighted by Crippen LogP contribution is -2.16. The molecule has 2 aliphatic carbocycles. The lowest BCUT2D eigenvalue weighted by molar-refractivity contribution is 0.660. The van der Waals surface area contributed by atoms with E-state index in [0.29, 0.717) is 0 Å². The van der Waals surface area contributed by atoms with Crippen molar-refractivity contribution in [2.24, 2.45) is 0 Å². The van der Waals surface area contributed by atoms with Gasteiger partial charge < -0.3 is 9.80 Å². The van der Waals surface area contributed by atoms with E-state index >= 15 is 0 Å². The summed E-state index contributed by atoms with van der Waals surface area (Å²) in [5.74, 6) is 0. The zero-order valence-electron chi connectivity index (χ0n) is 43.3. The minimum atomic E-state index is -0.176. The van der Waals surface area contributed by atoms with Crippen molar-refractivity contribution in [3.8, 4) is 22.3 Å². The molecule has 0 fully saturated rings. The normalized spacial score (nSPS) is 13.9. The van der Waals surface area contributed by atoms with Crippen LogP contribution in [-0.4, -0.2) is 0 Å². The molecule has 12 aromatic rings. The van der Waals surface area contributed by atoms with Crippen molar-refractivity contribution in [2.75, 3.05) is 9.80 Å². The van der Waals surface area contributed by atoms with Crippen molar-refractivity contribution in [3.63, 3.8) is 0 Å². The highest BCUT2D eigenvalue weighted by Crippen LogP contribution is 2.53. The highest BCUT2D eigenvalue weighted by molar-refractivity contribution is 6.25. The fourth-order valence-corrected chi connectivity index (χ4v) is 12.7. The van der Waals surface area contributed by atoms with Gasteiger partial charge in [0, 0.05) is 45.0 Å². The fourth-order valence-electron chi connectivity index (χ4n) is 12.7. The molecule has 0 saturated heterocycles. The Balaban J connectivity index is 0.755. The Morgan fingerprint density at radius 2 is 0.592 bits per heavy atom. The first-order valence-corrected chi connectivity index (χ1v) is 26.7. The molecule has 2 aliphatic rings. The van der Waals surface area contributed by atoms with Gasteiger partial charge in [-0.05, 0) is 172 Å². The molecule has 0 heterocycles. The van der Waals surface area contributed by atoms with Gasteiger partial charge in [-0.15, -0.1) is 0 Å². The predicted molar refractivity (Wildman–Crippen MR) is 325 cm³/mol. The second kappa shape index (κ2) is 17.7. The number of para-hydroxylation sites is 4. The molecule has 12 aromatic carbocycles. The fraction of sp³-hybridized carbons (Fsp3) is 0.0811. The molecule has 2 nitrogen and oxygen atoms in total. The molecule has 362 valence electrons. The maximum Gasteiger partial charge on any atom is 0.0465 e. The molecule has 0 unspecified atom stereocenters. The van der Waals surface area contributed by atoms with Gasteiger partial charge in [0.15, 0.2) is 0 Å². The van der Waals surface area contributed by atoms with Crippen LogP contribution in [0, 0.1) is 0 Å². The van der Waals surface area contributed by atoms with E-state index in [2.05, 4.69) is 304 Å². The van der Waals surface area contributed by atoms with Crippen LogP contribution in [0.2, 0.25) is 0 Å². The molecule has 0 atom stereocenters. The van der Waals surface area contributed by atoms with Crippen LogP contribution in [0.25, 0.3) is 78.9 Å². The molecule has 0 aliphatic heterocycles. The Morgan fingerprint density at radius 1 is 0.276 bits per heavy atom. The van der Waals surface area contributed by atoms with Crippen molar-refractivity contribution in [1.82, 2.24) is 0 Å². The summed E-state index contributed by atoms with van der Waals surface area (Å²) in [6.45, 7) is 9.51. The number of anilines is 6. The molecule has 76 heavy (non-hydrogen) atoms. The molecule has 0 saturated carbocycles. The number of rotatable bonds is 10. The molecule has 0 radical (unpaired) electrons. The summed E-state index contributed by atoms with van der Waals surface area (Å²) in [4.78, 5) is 4.72. The minimum absolute atomic E-state index is 0.176. The van der Waals surface area contributed by atoms with Crippen LogP contribution in [0.3, 0.4) is 0 Å². The van der Waals surface area contributed by atoms with Crippen molar-refractivity contribution >= 4 is 90.7 Å². The lowest BCUT2D eigenvalue weighted by atomic mass is 9.81. The van der Waals surface area contributed by atoms with E-state index in [4.69, 9.17) is 0 Å². The molecule has 0 spiro atoms. The Hall–Kier alpha value is -9.24. The van der Waals surface area contributed by atoms with E-state index in [-0.39, 0.29) is 10.8 Å². The second-order valence-corrected chi connectivity index (χ2v) is 21.7. The van der Waals surface area contributed by atoms with E-state index in [9.17, 15) is 0 Å². The van der Waals surface area contributed by atoms with Gasteiger partial charge in [0.25, 0.3) is 0 Å². The molecule has 14 rings (SSSR count). The van der Waals surface area contributed by atoms with Gasteiger partial charge in [0.05, 0.1) is 0 Å². The predicted octanol–water partition coefficient (Wildman–Crippen LogP) is 20.5. The van der Waals surface area contributed by atoms with Crippen molar-refractivity contribution in [1.29, 1.82) is 0 Å². The van der Waals surface area contributed by atoms with Crippen molar-refractivity contribution in [2.45, 2.75) is 38.5 Å². The number of hydrogen-bond donors (Lipinski definition) is 0.